The van der Waals surface area contributed by atoms with Gasteiger partial charge < -0.3 is 42.0 Å². The van der Waals surface area contributed by atoms with Crippen LogP contribution in [-0.2, 0) is 32.0 Å². The molecule has 1 aromatic heterocycles. The van der Waals surface area contributed by atoms with Gasteiger partial charge >= 0.3 is 5.97 Å². The highest BCUT2D eigenvalue weighted by Crippen LogP contribution is 2.19. The summed E-state index contributed by atoms with van der Waals surface area (Å²) in [6.45, 7) is 2.90. The highest BCUT2D eigenvalue weighted by atomic mass is 16.4. The van der Waals surface area contributed by atoms with Gasteiger partial charge in [0.05, 0.1) is 12.6 Å². The number of para-hydroxylation sites is 1. The Balaban J connectivity index is 1.64. The Morgan fingerprint density at radius 3 is 2.10 bits per heavy atom. The molecule has 41 heavy (non-hydrogen) atoms. The number of aliphatic hydroxyl groups excluding tert-OH is 1. The number of H-pyrrole nitrogens is 1. The van der Waals surface area contributed by atoms with Crippen LogP contribution in [0.5, 0.6) is 5.75 Å². The monoisotopic (exact) mass is 567 g/mol. The quantitative estimate of drug-likeness (QED) is 0.138. The van der Waals surface area contributed by atoms with Crippen LogP contribution in [0.2, 0.25) is 0 Å². The Morgan fingerprint density at radius 1 is 0.854 bits per heavy atom. The standard InChI is InChI=1S/C29H37N5O7/c1-16(2)11-23(32-26(37)21(30)12-17-7-9-19(36)10-8-17)27(38)34-25(15-35)28(39)33-24(29(40)41)13-18-14-31-22-6-4-3-5-20(18)22/h3-10,14,16,21,23-25,31,35-36H,11-13,15,30H2,1-2H3,(H,32,37)(H,33,39)(H,34,38)(H,40,41). The number of aromatic nitrogens is 1. The zero-order valence-electron chi connectivity index (χ0n) is 23.0. The van der Waals surface area contributed by atoms with Crippen molar-refractivity contribution in [2.24, 2.45) is 11.7 Å². The molecule has 3 rings (SSSR count). The Hall–Kier alpha value is -4.42. The number of nitrogens with two attached hydrogens (primary N) is 1. The number of fused-ring (bicyclic) bond motifs is 1. The molecule has 4 atom stereocenters. The SMILES string of the molecule is CC(C)CC(NC(=O)C(N)Cc1ccc(O)cc1)C(=O)NC(CO)C(=O)NC(Cc1c[nH]c2ccccc12)C(=O)O. The number of aromatic hydroxyl groups is 1. The molecule has 9 N–H and O–H groups in total. The predicted octanol–water partition coefficient (Wildman–Crippen LogP) is 0.563. The number of phenols is 1. The molecule has 0 aliphatic heterocycles. The first-order valence-corrected chi connectivity index (χ1v) is 13.3. The summed E-state index contributed by atoms with van der Waals surface area (Å²) in [4.78, 5) is 53.9. The van der Waals surface area contributed by atoms with Crippen molar-refractivity contribution in [3.8, 4) is 5.75 Å². The maximum atomic E-state index is 13.1. The van der Waals surface area contributed by atoms with Gasteiger partial charge in [-0.25, -0.2) is 4.79 Å². The summed E-state index contributed by atoms with van der Waals surface area (Å²) in [7, 11) is 0. The highest BCUT2D eigenvalue weighted by molar-refractivity contribution is 5.94. The van der Waals surface area contributed by atoms with Crippen LogP contribution in [0.15, 0.2) is 54.7 Å². The Kier molecular flexibility index (Phi) is 10.8. The van der Waals surface area contributed by atoms with Gasteiger partial charge in [-0.1, -0.05) is 44.2 Å². The normalized spacial score (nSPS) is 14.2. The van der Waals surface area contributed by atoms with E-state index in [0.29, 0.717) is 11.1 Å². The molecule has 1 heterocycles. The first-order chi connectivity index (χ1) is 19.5. The molecule has 220 valence electrons. The molecule has 12 heteroatoms. The van der Waals surface area contributed by atoms with Crippen molar-refractivity contribution in [2.45, 2.75) is 57.3 Å². The number of phenolic OH excluding ortho intramolecular Hbond substituents is 1. The Morgan fingerprint density at radius 2 is 1.46 bits per heavy atom. The number of carbonyl (C=O) groups is 4. The molecule has 0 aliphatic rings. The first-order valence-electron chi connectivity index (χ1n) is 13.3. The third kappa shape index (κ3) is 8.78. The summed E-state index contributed by atoms with van der Waals surface area (Å²) >= 11 is 0. The van der Waals surface area contributed by atoms with Crippen LogP contribution < -0.4 is 21.7 Å². The number of aliphatic carboxylic acids is 1. The zero-order chi connectivity index (χ0) is 30.1. The maximum Gasteiger partial charge on any atom is 0.326 e. The van der Waals surface area contributed by atoms with Crippen molar-refractivity contribution >= 4 is 34.6 Å². The average molecular weight is 568 g/mol. The fourth-order valence-electron chi connectivity index (χ4n) is 4.42. The molecule has 0 saturated carbocycles. The average Bonchev–Trinajstić information content (AvgIpc) is 3.34. The number of aliphatic hydroxyl groups is 1. The minimum atomic E-state index is -1.45. The van der Waals surface area contributed by atoms with E-state index in [2.05, 4.69) is 20.9 Å². The second kappa shape index (κ2) is 14.3. The molecule has 3 aromatic rings. The number of nitrogens with one attached hydrogen (secondary N) is 4. The number of carbonyl (C=O) groups excluding carboxylic acids is 3. The zero-order valence-corrected chi connectivity index (χ0v) is 23.0. The van der Waals surface area contributed by atoms with Crippen LogP contribution in [0.25, 0.3) is 10.9 Å². The van der Waals surface area contributed by atoms with Crippen molar-refractivity contribution < 1.29 is 34.5 Å². The van der Waals surface area contributed by atoms with Crippen molar-refractivity contribution in [3.05, 3.63) is 65.9 Å². The minimum Gasteiger partial charge on any atom is -0.508 e. The van der Waals surface area contributed by atoms with E-state index in [4.69, 9.17) is 5.73 Å². The summed E-state index contributed by atoms with van der Waals surface area (Å²) in [6, 6.07) is 8.73. The van der Waals surface area contributed by atoms with E-state index in [1.165, 1.54) is 12.1 Å². The lowest BCUT2D eigenvalue weighted by molar-refractivity contribution is -0.142. The fraction of sp³-hybridized carbons (Fsp3) is 0.379. The lowest BCUT2D eigenvalue weighted by Crippen LogP contribution is -2.58. The molecule has 0 radical (unpaired) electrons. The number of hydrogen-bond donors (Lipinski definition) is 8. The lowest BCUT2D eigenvalue weighted by atomic mass is 10.0. The molecular formula is C29H37N5O7. The number of amides is 3. The van der Waals surface area contributed by atoms with Crippen LogP contribution >= 0.6 is 0 Å². The number of aromatic amines is 1. The smallest absolute Gasteiger partial charge is 0.326 e. The fourth-order valence-corrected chi connectivity index (χ4v) is 4.42. The first kappa shape index (κ1) is 31.1. The second-order valence-corrected chi connectivity index (χ2v) is 10.4. The molecule has 0 spiro atoms. The van der Waals surface area contributed by atoms with Gasteiger partial charge in [-0.15, -0.1) is 0 Å². The van der Waals surface area contributed by atoms with Crippen LogP contribution in [0.1, 0.15) is 31.4 Å². The Bertz CT molecular complexity index is 1360. The van der Waals surface area contributed by atoms with E-state index in [1.54, 1.807) is 18.3 Å². The summed E-state index contributed by atoms with van der Waals surface area (Å²) in [6.07, 6.45) is 2.03. The van der Waals surface area contributed by atoms with E-state index in [1.807, 2.05) is 38.1 Å². The van der Waals surface area contributed by atoms with Gasteiger partial charge in [-0.05, 0) is 48.1 Å². The van der Waals surface area contributed by atoms with Gasteiger partial charge in [-0.2, -0.15) is 0 Å². The van der Waals surface area contributed by atoms with Crippen molar-refractivity contribution in [3.63, 3.8) is 0 Å². The molecule has 0 aliphatic carbocycles. The van der Waals surface area contributed by atoms with E-state index < -0.39 is 54.5 Å². The Labute approximate surface area is 237 Å². The molecular weight excluding hydrogens is 530 g/mol. The van der Waals surface area contributed by atoms with Crippen LogP contribution in [-0.4, -0.2) is 74.8 Å². The number of carboxylic acid groups (broad SMARTS) is 1. The molecule has 0 bridgehead atoms. The summed E-state index contributed by atoms with van der Waals surface area (Å²) in [5.74, 6) is -3.41. The molecule has 3 amide bonds. The lowest BCUT2D eigenvalue weighted by Gasteiger charge is -2.25. The molecule has 0 saturated heterocycles. The summed E-state index contributed by atoms with van der Waals surface area (Å²) < 4.78 is 0. The van der Waals surface area contributed by atoms with Crippen molar-refractivity contribution in [1.29, 1.82) is 0 Å². The third-order valence-corrected chi connectivity index (χ3v) is 6.60. The van der Waals surface area contributed by atoms with E-state index in [9.17, 15) is 34.5 Å². The molecule has 2 aromatic carbocycles. The molecule has 4 unspecified atom stereocenters. The molecule has 12 nitrogen and oxygen atoms in total. The van der Waals surface area contributed by atoms with Gasteiger partial charge in [0, 0.05) is 23.5 Å². The third-order valence-electron chi connectivity index (χ3n) is 6.60. The van der Waals surface area contributed by atoms with Gasteiger partial charge in [0.1, 0.15) is 23.9 Å². The van der Waals surface area contributed by atoms with Crippen molar-refractivity contribution in [2.75, 3.05) is 6.61 Å². The van der Waals surface area contributed by atoms with Gasteiger partial charge in [0.25, 0.3) is 0 Å². The number of rotatable bonds is 14. The number of carboxylic acids is 1. The van der Waals surface area contributed by atoms with Crippen LogP contribution in [0.3, 0.4) is 0 Å². The van der Waals surface area contributed by atoms with Crippen LogP contribution in [0, 0.1) is 5.92 Å². The largest absolute Gasteiger partial charge is 0.508 e. The minimum absolute atomic E-state index is 0.0201. The summed E-state index contributed by atoms with van der Waals surface area (Å²) in [5, 5.41) is 37.3. The van der Waals surface area contributed by atoms with Gasteiger partial charge in [-0.3, -0.25) is 14.4 Å². The topological polar surface area (TPSA) is 207 Å². The maximum absolute atomic E-state index is 13.1. The number of benzene rings is 2. The molecule has 0 fully saturated rings. The summed E-state index contributed by atoms with van der Waals surface area (Å²) in [5.41, 5.74) is 8.26. The van der Waals surface area contributed by atoms with Crippen LogP contribution in [0.4, 0.5) is 0 Å². The highest BCUT2D eigenvalue weighted by Gasteiger charge is 2.31. The van der Waals surface area contributed by atoms with Gasteiger partial charge in [0.15, 0.2) is 0 Å². The van der Waals surface area contributed by atoms with E-state index in [0.717, 1.165) is 10.9 Å². The predicted molar refractivity (Wildman–Crippen MR) is 152 cm³/mol. The second-order valence-electron chi connectivity index (χ2n) is 10.4. The van der Waals surface area contributed by atoms with Crippen molar-refractivity contribution in [1.82, 2.24) is 20.9 Å². The van der Waals surface area contributed by atoms with E-state index >= 15 is 0 Å². The van der Waals surface area contributed by atoms with Gasteiger partial charge in [0.2, 0.25) is 17.7 Å². The van der Waals surface area contributed by atoms with E-state index in [-0.39, 0.29) is 30.9 Å². The number of hydrogen-bond acceptors (Lipinski definition) is 7.